The number of ether oxygens (including phenoxy) is 1. The molecule has 5 nitrogen and oxygen atoms in total. The predicted octanol–water partition coefficient (Wildman–Crippen LogP) is 4.72. The minimum absolute atomic E-state index is 0.664. The van der Waals surface area contributed by atoms with E-state index in [1.54, 1.807) is 19.5 Å². The van der Waals surface area contributed by atoms with Crippen molar-refractivity contribution in [2.45, 2.75) is 6.92 Å². The van der Waals surface area contributed by atoms with Crippen LogP contribution in [0.15, 0.2) is 60.9 Å². The number of aryl methyl sites for hydroxylation is 1. The van der Waals surface area contributed by atoms with Gasteiger partial charge in [-0.15, -0.1) is 0 Å². The zero-order valence-corrected chi connectivity index (χ0v) is 15.5. The van der Waals surface area contributed by atoms with Crippen LogP contribution in [0.5, 0.6) is 5.75 Å². The molecule has 0 fully saturated rings. The van der Waals surface area contributed by atoms with Gasteiger partial charge < -0.3 is 10.1 Å². The number of hydrogen-bond donors (Lipinski definition) is 1. The molecule has 2 heterocycles. The molecule has 0 radical (unpaired) electrons. The van der Waals surface area contributed by atoms with Gasteiger partial charge in [-0.05, 0) is 60.0 Å². The number of pyridine rings is 1. The van der Waals surface area contributed by atoms with E-state index in [-0.39, 0.29) is 0 Å². The summed E-state index contributed by atoms with van der Waals surface area (Å²) < 4.78 is 5.36. The maximum absolute atomic E-state index is 5.36. The summed E-state index contributed by atoms with van der Waals surface area (Å²) in [6.07, 6.45) is 3.52. The zero-order chi connectivity index (χ0) is 18.8. The Hall–Kier alpha value is -3.47. The molecule has 5 heteroatoms. The van der Waals surface area contributed by atoms with Crippen molar-refractivity contribution in [1.82, 2.24) is 15.0 Å². The number of nitrogens with zero attached hydrogens (tertiary/aromatic N) is 3. The minimum Gasteiger partial charge on any atom is -0.497 e. The minimum atomic E-state index is 0.664. The molecule has 0 aliphatic rings. The number of methoxy groups -OCH3 is 1. The first kappa shape index (κ1) is 17.0. The second-order valence-corrected chi connectivity index (χ2v) is 6.31. The van der Waals surface area contributed by atoms with E-state index in [9.17, 15) is 0 Å². The Balaban J connectivity index is 1.92. The van der Waals surface area contributed by atoms with Gasteiger partial charge in [-0.3, -0.25) is 4.98 Å². The molecule has 0 saturated carbocycles. The van der Waals surface area contributed by atoms with Gasteiger partial charge in [-0.2, -0.15) is 0 Å². The van der Waals surface area contributed by atoms with Gasteiger partial charge in [-0.25, -0.2) is 9.97 Å². The Labute approximate surface area is 158 Å². The van der Waals surface area contributed by atoms with Crippen LogP contribution in [0.2, 0.25) is 0 Å². The molecular weight excluding hydrogens is 336 g/mol. The number of anilines is 1. The average molecular weight is 356 g/mol. The van der Waals surface area contributed by atoms with Gasteiger partial charge in [0, 0.05) is 30.4 Å². The highest BCUT2D eigenvalue weighted by Gasteiger charge is 2.13. The van der Waals surface area contributed by atoms with Crippen molar-refractivity contribution >= 4 is 16.7 Å². The van der Waals surface area contributed by atoms with Gasteiger partial charge >= 0.3 is 0 Å². The molecule has 4 aromatic rings. The van der Waals surface area contributed by atoms with E-state index in [0.717, 1.165) is 44.7 Å². The summed E-state index contributed by atoms with van der Waals surface area (Å²) in [5.74, 6) is 2.30. The van der Waals surface area contributed by atoms with Crippen molar-refractivity contribution in [3.05, 3.63) is 66.5 Å². The fourth-order valence-electron chi connectivity index (χ4n) is 3.19. The molecule has 0 aliphatic carbocycles. The molecule has 134 valence electrons. The van der Waals surface area contributed by atoms with E-state index >= 15 is 0 Å². The number of hydrogen-bond acceptors (Lipinski definition) is 5. The number of aromatic nitrogens is 3. The molecule has 4 rings (SSSR count). The lowest BCUT2D eigenvalue weighted by molar-refractivity contribution is 0.415. The quantitative estimate of drug-likeness (QED) is 0.573. The summed E-state index contributed by atoms with van der Waals surface area (Å²) in [5.41, 5.74) is 5.12. The van der Waals surface area contributed by atoms with Crippen molar-refractivity contribution in [3.8, 4) is 28.3 Å². The third-order valence-corrected chi connectivity index (χ3v) is 4.55. The summed E-state index contributed by atoms with van der Waals surface area (Å²) >= 11 is 0. The lowest BCUT2D eigenvalue weighted by atomic mass is 10.00. The van der Waals surface area contributed by atoms with Crippen molar-refractivity contribution < 1.29 is 4.74 Å². The van der Waals surface area contributed by atoms with Crippen LogP contribution in [0.4, 0.5) is 5.82 Å². The standard InChI is InChI=1S/C22H20N4O/c1-14-10-17(15-6-4-8-18(11-15)27-3)12-19-20(14)25-21(26-22(19)23-2)16-7-5-9-24-13-16/h4-13H,1-3H3,(H,23,25,26). The predicted molar refractivity (Wildman–Crippen MR) is 109 cm³/mol. The van der Waals surface area contributed by atoms with Crippen LogP contribution in [0.1, 0.15) is 5.56 Å². The normalized spacial score (nSPS) is 10.8. The molecule has 1 N–H and O–H groups in total. The van der Waals surface area contributed by atoms with Crippen molar-refractivity contribution in [2.75, 3.05) is 19.5 Å². The highest BCUT2D eigenvalue weighted by atomic mass is 16.5. The lowest BCUT2D eigenvalue weighted by Crippen LogP contribution is -2.00. The Morgan fingerprint density at radius 3 is 2.52 bits per heavy atom. The third-order valence-electron chi connectivity index (χ3n) is 4.55. The van der Waals surface area contributed by atoms with Gasteiger partial charge in [0.1, 0.15) is 11.6 Å². The Morgan fingerprint density at radius 1 is 0.926 bits per heavy atom. The summed E-state index contributed by atoms with van der Waals surface area (Å²) in [6.45, 7) is 2.07. The zero-order valence-electron chi connectivity index (χ0n) is 15.5. The Kier molecular flexibility index (Phi) is 4.42. The molecule has 2 aromatic carbocycles. The first-order chi connectivity index (χ1) is 13.2. The van der Waals surface area contributed by atoms with Crippen LogP contribution in [0, 0.1) is 6.92 Å². The molecule has 0 atom stereocenters. The van der Waals surface area contributed by atoms with Crippen LogP contribution >= 0.6 is 0 Å². The lowest BCUT2D eigenvalue weighted by Gasteiger charge is -2.13. The van der Waals surface area contributed by atoms with Gasteiger partial charge in [0.15, 0.2) is 5.82 Å². The van der Waals surface area contributed by atoms with E-state index in [0.29, 0.717) is 5.82 Å². The monoisotopic (exact) mass is 356 g/mol. The number of nitrogens with one attached hydrogen (secondary N) is 1. The highest BCUT2D eigenvalue weighted by Crippen LogP contribution is 2.32. The molecule has 0 bridgehead atoms. The highest BCUT2D eigenvalue weighted by molar-refractivity contribution is 5.96. The van der Waals surface area contributed by atoms with Crippen molar-refractivity contribution in [1.29, 1.82) is 0 Å². The Bertz CT molecular complexity index is 1110. The fourth-order valence-corrected chi connectivity index (χ4v) is 3.19. The average Bonchev–Trinajstić information content (AvgIpc) is 2.73. The van der Waals surface area contributed by atoms with Crippen LogP contribution in [0.25, 0.3) is 33.4 Å². The number of rotatable bonds is 4. The number of benzene rings is 2. The molecule has 2 aromatic heterocycles. The maximum Gasteiger partial charge on any atom is 0.163 e. The van der Waals surface area contributed by atoms with E-state index in [1.165, 1.54) is 0 Å². The van der Waals surface area contributed by atoms with Gasteiger partial charge in [0.05, 0.1) is 12.6 Å². The third kappa shape index (κ3) is 3.19. The topological polar surface area (TPSA) is 59.9 Å². The van der Waals surface area contributed by atoms with Crippen LogP contribution in [-0.4, -0.2) is 29.1 Å². The van der Waals surface area contributed by atoms with Gasteiger partial charge in [0.2, 0.25) is 0 Å². The molecule has 0 unspecified atom stereocenters. The SMILES string of the molecule is CNc1nc(-c2cccnc2)nc2c(C)cc(-c3cccc(OC)c3)cc12. The molecule has 0 aliphatic heterocycles. The second kappa shape index (κ2) is 7.03. The maximum atomic E-state index is 5.36. The van der Waals surface area contributed by atoms with Crippen molar-refractivity contribution in [3.63, 3.8) is 0 Å². The van der Waals surface area contributed by atoms with E-state index in [4.69, 9.17) is 14.7 Å². The smallest absolute Gasteiger partial charge is 0.163 e. The van der Waals surface area contributed by atoms with E-state index in [1.807, 2.05) is 37.4 Å². The molecule has 0 spiro atoms. The van der Waals surface area contributed by atoms with E-state index in [2.05, 4.69) is 35.4 Å². The summed E-state index contributed by atoms with van der Waals surface area (Å²) in [6, 6.07) is 16.2. The molecule has 0 saturated heterocycles. The van der Waals surface area contributed by atoms with E-state index < -0.39 is 0 Å². The van der Waals surface area contributed by atoms with Crippen LogP contribution < -0.4 is 10.1 Å². The summed E-state index contributed by atoms with van der Waals surface area (Å²) in [4.78, 5) is 13.7. The van der Waals surface area contributed by atoms with Crippen LogP contribution in [0.3, 0.4) is 0 Å². The fraction of sp³-hybridized carbons (Fsp3) is 0.136. The van der Waals surface area contributed by atoms with Crippen LogP contribution in [-0.2, 0) is 0 Å². The van der Waals surface area contributed by atoms with Gasteiger partial charge in [-0.1, -0.05) is 12.1 Å². The first-order valence-corrected chi connectivity index (χ1v) is 8.74. The largest absolute Gasteiger partial charge is 0.497 e. The molecule has 27 heavy (non-hydrogen) atoms. The van der Waals surface area contributed by atoms with Crippen molar-refractivity contribution in [2.24, 2.45) is 0 Å². The molecular formula is C22H20N4O. The first-order valence-electron chi connectivity index (χ1n) is 8.74. The Morgan fingerprint density at radius 2 is 1.78 bits per heavy atom. The van der Waals surface area contributed by atoms with Gasteiger partial charge in [0.25, 0.3) is 0 Å². The summed E-state index contributed by atoms with van der Waals surface area (Å²) in [5, 5.41) is 4.20. The number of fused-ring (bicyclic) bond motifs is 1. The second-order valence-electron chi connectivity index (χ2n) is 6.31. The summed E-state index contributed by atoms with van der Waals surface area (Å²) in [7, 11) is 3.56. The molecule has 0 amide bonds.